The minimum Gasteiger partial charge on any atom is -0.486 e. The first kappa shape index (κ1) is 12.9. The summed E-state index contributed by atoms with van der Waals surface area (Å²) in [6.07, 6.45) is 4.73. The van der Waals surface area contributed by atoms with E-state index in [2.05, 4.69) is 9.97 Å². The molecule has 2 aromatic rings. The van der Waals surface area contributed by atoms with Gasteiger partial charge in [-0.25, -0.2) is 4.98 Å². The SMILES string of the molecule is O=c1cc(C2CCCC2)nc(COc2ccccc2)[nH]1. The topological polar surface area (TPSA) is 55.0 Å². The summed E-state index contributed by atoms with van der Waals surface area (Å²) in [6.45, 7) is 0.291. The van der Waals surface area contributed by atoms with Crippen molar-refractivity contribution in [2.24, 2.45) is 0 Å². The Bertz CT molecular complexity index is 616. The number of nitrogens with one attached hydrogen (secondary N) is 1. The fraction of sp³-hybridized carbons (Fsp3) is 0.375. The summed E-state index contributed by atoms with van der Waals surface area (Å²) in [5.41, 5.74) is 0.825. The summed E-state index contributed by atoms with van der Waals surface area (Å²) in [4.78, 5) is 19.0. The van der Waals surface area contributed by atoms with E-state index in [1.165, 1.54) is 12.8 Å². The average Bonchev–Trinajstić information content (AvgIpc) is 3.00. The van der Waals surface area contributed by atoms with Crippen LogP contribution in [0.2, 0.25) is 0 Å². The molecule has 1 saturated carbocycles. The Kier molecular flexibility index (Phi) is 3.81. The molecule has 4 nitrogen and oxygen atoms in total. The van der Waals surface area contributed by atoms with Crippen LogP contribution in [0.25, 0.3) is 0 Å². The van der Waals surface area contributed by atoms with E-state index in [9.17, 15) is 4.79 Å². The van der Waals surface area contributed by atoms with Gasteiger partial charge in [-0.1, -0.05) is 31.0 Å². The maximum Gasteiger partial charge on any atom is 0.251 e. The van der Waals surface area contributed by atoms with Gasteiger partial charge in [0.1, 0.15) is 18.2 Å². The van der Waals surface area contributed by atoms with Gasteiger partial charge in [-0.3, -0.25) is 4.79 Å². The van der Waals surface area contributed by atoms with E-state index in [0.717, 1.165) is 24.3 Å². The van der Waals surface area contributed by atoms with E-state index < -0.39 is 0 Å². The second-order valence-corrected chi connectivity index (χ2v) is 5.20. The van der Waals surface area contributed by atoms with Crippen LogP contribution in [-0.2, 0) is 6.61 Å². The zero-order chi connectivity index (χ0) is 13.8. The quantitative estimate of drug-likeness (QED) is 0.929. The third-order valence-corrected chi connectivity index (χ3v) is 3.70. The van der Waals surface area contributed by atoms with Gasteiger partial charge in [-0.15, -0.1) is 0 Å². The van der Waals surface area contributed by atoms with Crippen molar-refractivity contribution in [1.82, 2.24) is 9.97 Å². The van der Waals surface area contributed by atoms with Gasteiger partial charge in [-0.2, -0.15) is 0 Å². The Balaban J connectivity index is 1.74. The first-order valence-electron chi connectivity index (χ1n) is 7.09. The number of aromatic amines is 1. The molecule has 3 rings (SSSR count). The van der Waals surface area contributed by atoms with Crippen molar-refractivity contribution < 1.29 is 4.74 Å². The molecule has 1 aliphatic carbocycles. The molecule has 1 aromatic carbocycles. The molecule has 1 heterocycles. The third kappa shape index (κ3) is 3.07. The predicted octanol–water partition coefficient (Wildman–Crippen LogP) is 3.01. The first-order valence-corrected chi connectivity index (χ1v) is 7.09. The van der Waals surface area contributed by atoms with Crippen molar-refractivity contribution >= 4 is 0 Å². The Hall–Kier alpha value is -2.10. The van der Waals surface area contributed by atoms with Gasteiger partial charge in [0.05, 0.1) is 5.69 Å². The van der Waals surface area contributed by atoms with Crippen molar-refractivity contribution in [3.8, 4) is 5.75 Å². The number of H-pyrrole nitrogens is 1. The van der Waals surface area contributed by atoms with Gasteiger partial charge in [0, 0.05) is 12.0 Å². The lowest BCUT2D eigenvalue weighted by Gasteiger charge is -2.10. The monoisotopic (exact) mass is 270 g/mol. The summed E-state index contributed by atoms with van der Waals surface area (Å²) in [6, 6.07) is 11.2. The van der Waals surface area contributed by atoms with Gasteiger partial charge in [0.2, 0.25) is 0 Å². The molecule has 1 aromatic heterocycles. The van der Waals surface area contributed by atoms with Crippen molar-refractivity contribution in [1.29, 1.82) is 0 Å². The van der Waals surface area contributed by atoms with Crippen LogP contribution in [0, 0.1) is 0 Å². The van der Waals surface area contributed by atoms with Crippen molar-refractivity contribution in [2.45, 2.75) is 38.2 Å². The van der Waals surface area contributed by atoms with Gasteiger partial charge in [-0.05, 0) is 25.0 Å². The predicted molar refractivity (Wildman–Crippen MR) is 76.8 cm³/mol. The number of benzene rings is 1. The average molecular weight is 270 g/mol. The molecule has 0 bridgehead atoms. The second-order valence-electron chi connectivity index (χ2n) is 5.20. The van der Waals surface area contributed by atoms with E-state index in [4.69, 9.17) is 4.74 Å². The Labute approximate surface area is 117 Å². The molecule has 0 aliphatic heterocycles. The molecule has 0 radical (unpaired) electrons. The van der Waals surface area contributed by atoms with E-state index in [0.29, 0.717) is 18.3 Å². The van der Waals surface area contributed by atoms with E-state index in [-0.39, 0.29) is 5.56 Å². The highest BCUT2D eigenvalue weighted by molar-refractivity contribution is 5.21. The van der Waals surface area contributed by atoms with E-state index in [1.54, 1.807) is 6.07 Å². The van der Waals surface area contributed by atoms with Crippen LogP contribution >= 0.6 is 0 Å². The van der Waals surface area contributed by atoms with Crippen molar-refractivity contribution in [3.05, 3.63) is 58.3 Å². The highest BCUT2D eigenvalue weighted by Crippen LogP contribution is 2.32. The molecule has 104 valence electrons. The Morgan fingerprint density at radius 3 is 2.70 bits per heavy atom. The molecule has 1 N–H and O–H groups in total. The minimum atomic E-state index is -0.0893. The maximum atomic E-state index is 11.7. The van der Waals surface area contributed by atoms with Crippen LogP contribution < -0.4 is 10.3 Å². The molecule has 4 heteroatoms. The molecule has 1 aliphatic rings. The maximum absolute atomic E-state index is 11.7. The molecular formula is C16H18N2O2. The number of hydrogen-bond acceptors (Lipinski definition) is 3. The Morgan fingerprint density at radius 2 is 1.95 bits per heavy atom. The molecule has 0 saturated heterocycles. The molecule has 0 atom stereocenters. The van der Waals surface area contributed by atoms with E-state index >= 15 is 0 Å². The number of para-hydroxylation sites is 1. The Morgan fingerprint density at radius 1 is 1.20 bits per heavy atom. The summed E-state index contributed by atoms with van der Waals surface area (Å²) in [7, 11) is 0. The fourth-order valence-corrected chi connectivity index (χ4v) is 2.70. The smallest absolute Gasteiger partial charge is 0.251 e. The highest BCUT2D eigenvalue weighted by Gasteiger charge is 2.19. The zero-order valence-electron chi connectivity index (χ0n) is 11.3. The molecule has 0 amide bonds. The highest BCUT2D eigenvalue weighted by atomic mass is 16.5. The van der Waals surface area contributed by atoms with Gasteiger partial charge in [0.15, 0.2) is 0 Å². The van der Waals surface area contributed by atoms with Crippen LogP contribution in [-0.4, -0.2) is 9.97 Å². The largest absolute Gasteiger partial charge is 0.486 e. The molecule has 20 heavy (non-hydrogen) atoms. The lowest BCUT2D eigenvalue weighted by Crippen LogP contribution is -2.15. The van der Waals surface area contributed by atoms with Crippen molar-refractivity contribution in [3.63, 3.8) is 0 Å². The van der Waals surface area contributed by atoms with Crippen molar-refractivity contribution in [2.75, 3.05) is 0 Å². The molecule has 0 spiro atoms. The summed E-state index contributed by atoms with van der Waals surface area (Å²) >= 11 is 0. The molecular weight excluding hydrogens is 252 g/mol. The summed E-state index contributed by atoms with van der Waals surface area (Å²) in [5.74, 6) is 1.82. The number of aromatic nitrogens is 2. The summed E-state index contributed by atoms with van der Waals surface area (Å²) < 4.78 is 5.63. The third-order valence-electron chi connectivity index (χ3n) is 3.70. The van der Waals surface area contributed by atoms with Gasteiger partial charge < -0.3 is 9.72 Å². The standard InChI is InChI=1S/C16H18N2O2/c19-16-10-14(12-6-4-5-7-12)17-15(18-16)11-20-13-8-2-1-3-9-13/h1-3,8-10,12H,4-7,11H2,(H,17,18,19). The van der Waals surface area contributed by atoms with Gasteiger partial charge >= 0.3 is 0 Å². The van der Waals surface area contributed by atoms with Crippen LogP contribution in [0.5, 0.6) is 5.75 Å². The molecule has 1 fully saturated rings. The van der Waals surface area contributed by atoms with Crippen LogP contribution in [0.4, 0.5) is 0 Å². The second kappa shape index (κ2) is 5.90. The van der Waals surface area contributed by atoms with Crippen LogP contribution in [0.3, 0.4) is 0 Å². The van der Waals surface area contributed by atoms with Gasteiger partial charge in [0.25, 0.3) is 5.56 Å². The van der Waals surface area contributed by atoms with Crippen LogP contribution in [0.15, 0.2) is 41.2 Å². The van der Waals surface area contributed by atoms with Crippen LogP contribution in [0.1, 0.15) is 43.1 Å². The number of hydrogen-bond donors (Lipinski definition) is 1. The molecule has 0 unspecified atom stereocenters. The number of nitrogens with zero attached hydrogens (tertiary/aromatic N) is 1. The fourth-order valence-electron chi connectivity index (χ4n) is 2.70. The minimum absolute atomic E-state index is 0.0893. The normalized spacial score (nSPS) is 15.4. The lowest BCUT2D eigenvalue weighted by atomic mass is 10.0. The van der Waals surface area contributed by atoms with E-state index in [1.807, 2.05) is 30.3 Å². The summed E-state index contributed by atoms with van der Waals surface area (Å²) in [5, 5.41) is 0. The first-order chi connectivity index (χ1) is 9.81. The number of rotatable bonds is 4. The lowest BCUT2D eigenvalue weighted by molar-refractivity contribution is 0.294. The number of ether oxygens (including phenoxy) is 1. The zero-order valence-corrected chi connectivity index (χ0v) is 11.3.